The average Bonchev–Trinajstić information content (AvgIpc) is 2.40. The van der Waals surface area contributed by atoms with Crippen LogP contribution < -0.4 is 5.73 Å². The smallest absolute Gasteiger partial charge is 0.159 e. The lowest BCUT2D eigenvalue weighted by Gasteiger charge is -2.30. The summed E-state index contributed by atoms with van der Waals surface area (Å²) in [5, 5.41) is 0. The molecule has 2 rings (SSSR count). The molecule has 1 fully saturated rings. The van der Waals surface area contributed by atoms with E-state index in [1.807, 2.05) is 37.3 Å². The second kappa shape index (κ2) is 5.01. The number of rotatable bonds is 3. The molecule has 0 radical (unpaired) electrons. The molecule has 0 aromatic heterocycles. The van der Waals surface area contributed by atoms with Gasteiger partial charge in [0.25, 0.3) is 0 Å². The minimum atomic E-state index is -0.830. The number of hydrogen-bond donors (Lipinski definition) is 1. The highest BCUT2D eigenvalue weighted by Gasteiger charge is 2.35. The predicted molar refractivity (Wildman–Crippen MR) is 69.6 cm³/mol. The summed E-state index contributed by atoms with van der Waals surface area (Å²) in [7, 11) is 0. The van der Waals surface area contributed by atoms with Crippen molar-refractivity contribution in [3.05, 3.63) is 35.9 Å². The molecule has 0 amide bonds. The summed E-state index contributed by atoms with van der Waals surface area (Å²) in [6, 6.07) is 9.72. The zero-order valence-electron chi connectivity index (χ0n) is 10.5. The largest absolute Gasteiger partial charge is 0.315 e. The number of Topliss-reactive ketones (excluding diaryl/α,β-unsaturated/α-hetero) is 1. The van der Waals surface area contributed by atoms with Gasteiger partial charge in [0, 0.05) is 5.92 Å². The van der Waals surface area contributed by atoms with Gasteiger partial charge < -0.3 is 5.73 Å². The van der Waals surface area contributed by atoms with Crippen LogP contribution in [0.25, 0.3) is 0 Å². The van der Waals surface area contributed by atoms with Crippen LogP contribution in [0.3, 0.4) is 0 Å². The first kappa shape index (κ1) is 12.3. The van der Waals surface area contributed by atoms with Crippen molar-refractivity contribution in [3.63, 3.8) is 0 Å². The van der Waals surface area contributed by atoms with E-state index in [2.05, 4.69) is 0 Å². The highest BCUT2D eigenvalue weighted by molar-refractivity contribution is 5.91. The van der Waals surface area contributed by atoms with Crippen molar-refractivity contribution in [2.45, 2.75) is 44.6 Å². The van der Waals surface area contributed by atoms with Gasteiger partial charge in [-0.25, -0.2) is 0 Å². The topological polar surface area (TPSA) is 43.1 Å². The predicted octanol–water partition coefficient (Wildman–Crippen LogP) is 3.01. The second-order valence-electron chi connectivity index (χ2n) is 5.27. The van der Waals surface area contributed by atoms with Crippen LogP contribution in [0, 0.1) is 5.92 Å². The van der Waals surface area contributed by atoms with Crippen LogP contribution in [0.1, 0.15) is 44.6 Å². The molecular formula is C15H21NO. The maximum atomic E-state index is 12.5. The van der Waals surface area contributed by atoms with Crippen molar-refractivity contribution in [3.8, 4) is 0 Å². The first-order valence-electron chi connectivity index (χ1n) is 6.51. The van der Waals surface area contributed by atoms with Gasteiger partial charge in [0.15, 0.2) is 5.78 Å². The molecule has 17 heavy (non-hydrogen) atoms. The van der Waals surface area contributed by atoms with Crippen LogP contribution in [-0.4, -0.2) is 5.78 Å². The minimum absolute atomic E-state index is 0.166. The van der Waals surface area contributed by atoms with E-state index in [1.54, 1.807) is 0 Å². The van der Waals surface area contributed by atoms with Crippen LogP contribution in [0.15, 0.2) is 30.3 Å². The van der Waals surface area contributed by atoms with Crippen molar-refractivity contribution in [1.29, 1.82) is 0 Å². The molecule has 0 spiro atoms. The Balaban J connectivity index is 2.17. The molecule has 1 aliphatic carbocycles. The Kier molecular flexibility index (Phi) is 3.63. The van der Waals surface area contributed by atoms with E-state index in [9.17, 15) is 4.79 Å². The summed E-state index contributed by atoms with van der Waals surface area (Å²) in [5.41, 5.74) is 6.36. The first-order valence-corrected chi connectivity index (χ1v) is 6.51. The summed E-state index contributed by atoms with van der Waals surface area (Å²) < 4.78 is 0. The highest BCUT2D eigenvalue weighted by Crippen LogP contribution is 2.31. The second-order valence-corrected chi connectivity index (χ2v) is 5.27. The Hall–Kier alpha value is -1.15. The van der Waals surface area contributed by atoms with Gasteiger partial charge in [-0.2, -0.15) is 0 Å². The lowest BCUT2D eigenvalue weighted by molar-refractivity contribution is -0.128. The maximum Gasteiger partial charge on any atom is 0.159 e. The van der Waals surface area contributed by atoms with E-state index in [0.717, 1.165) is 18.4 Å². The number of hydrogen-bond acceptors (Lipinski definition) is 2. The zero-order valence-corrected chi connectivity index (χ0v) is 10.5. The molecule has 0 heterocycles. The van der Waals surface area contributed by atoms with Crippen molar-refractivity contribution < 1.29 is 4.79 Å². The molecule has 1 aromatic carbocycles. The first-order chi connectivity index (χ1) is 8.12. The summed E-state index contributed by atoms with van der Waals surface area (Å²) in [6.45, 7) is 1.85. The number of carbonyl (C=O) groups excluding carboxylic acids is 1. The van der Waals surface area contributed by atoms with Crippen LogP contribution in [0.2, 0.25) is 0 Å². The van der Waals surface area contributed by atoms with Gasteiger partial charge in [0.2, 0.25) is 0 Å². The SMILES string of the molecule is CC(N)(C(=O)C1CCCCC1)c1ccccc1. The van der Waals surface area contributed by atoms with Crippen LogP contribution in [0.4, 0.5) is 0 Å². The van der Waals surface area contributed by atoms with E-state index in [4.69, 9.17) is 5.73 Å². The third-order valence-electron chi connectivity index (χ3n) is 3.86. The number of ketones is 1. The summed E-state index contributed by atoms with van der Waals surface area (Å²) in [6.07, 6.45) is 5.62. The van der Waals surface area contributed by atoms with E-state index >= 15 is 0 Å². The van der Waals surface area contributed by atoms with Gasteiger partial charge in [-0.15, -0.1) is 0 Å². The van der Waals surface area contributed by atoms with Gasteiger partial charge in [-0.3, -0.25) is 4.79 Å². The van der Waals surface area contributed by atoms with Gasteiger partial charge in [0.05, 0.1) is 5.54 Å². The molecule has 2 nitrogen and oxygen atoms in total. The Bertz CT molecular complexity index is 377. The number of carbonyl (C=O) groups is 1. The lowest BCUT2D eigenvalue weighted by Crippen LogP contribution is -2.45. The fraction of sp³-hybridized carbons (Fsp3) is 0.533. The van der Waals surface area contributed by atoms with Gasteiger partial charge in [0.1, 0.15) is 0 Å². The van der Waals surface area contributed by atoms with E-state index in [1.165, 1.54) is 19.3 Å². The number of benzene rings is 1. The molecular weight excluding hydrogens is 210 g/mol. The Morgan fingerprint density at radius 3 is 2.35 bits per heavy atom. The van der Waals surface area contributed by atoms with Gasteiger partial charge >= 0.3 is 0 Å². The normalized spacial score (nSPS) is 20.8. The minimum Gasteiger partial charge on any atom is -0.315 e. The fourth-order valence-electron chi connectivity index (χ4n) is 2.72. The molecule has 0 bridgehead atoms. The summed E-state index contributed by atoms with van der Waals surface area (Å²) in [4.78, 5) is 12.5. The molecule has 1 atom stereocenters. The monoisotopic (exact) mass is 231 g/mol. The zero-order chi connectivity index (χ0) is 12.3. The molecule has 92 valence electrons. The third-order valence-corrected chi connectivity index (χ3v) is 3.86. The fourth-order valence-corrected chi connectivity index (χ4v) is 2.72. The van der Waals surface area contributed by atoms with Crippen LogP contribution >= 0.6 is 0 Å². The van der Waals surface area contributed by atoms with Gasteiger partial charge in [-0.1, -0.05) is 49.6 Å². The maximum absolute atomic E-state index is 12.5. The Labute approximate surface area is 103 Å². The third kappa shape index (κ3) is 2.58. The molecule has 0 saturated heterocycles. The molecule has 1 unspecified atom stereocenters. The van der Waals surface area contributed by atoms with E-state index in [0.29, 0.717) is 0 Å². The highest BCUT2D eigenvalue weighted by atomic mass is 16.1. The van der Waals surface area contributed by atoms with E-state index < -0.39 is 5.54 Å². The Morgan fingerprint density at radius 2 is 1.76 bits per heavy atom. The van der Waals surface area contributed by atoms with Gasteiger partial charge in [-0.05, 0) is 25.3 Å². The molecule has 2 N–H and O–H groups in total. The molecule has 2 heteroatoms. The summed E-state index contributed by atoms with van der Waals surface area (Å²) >= 11 is 0. The standard InChI is InChI=1S/C15H21NO/c1-15(16,13-10-6-3-7-11-13)14(17)12-8-4-2-5-9-12/h3,6-7,10-12H,2,4-5,8-9,16H2,1H3. The molecule has 1 aromatic rings. The molecule has 1 saturated carbocycles. The van der Waals surface area contributed by atoms with Crippen molar-refractivity contribution >= 4 is 5.78 Å². The molecule has 0 aliphatic heterocycles. The van der Waals surface area contributed by atoms with E-state index in [-0.39, 0.29) is 11.7 Å². The van der Waals surface area contributed by atoms with Crippen LogP contribution in [-0.2, 0) is 10.3 Å². The summed E-state index contributed by atoms with van der Waals surface area (Å²) in [5.74, 6) is 0.377. The molecule has 1 aliphatic rings. The average molecular weight is 231 g/mol. The van der Waals surface area contributed by atoms with Crippen molar-refractivity contribution in [2.75, 3.05) is 0 Å². The van der Waals surface area contributed by atoms with Crippen molar-refractivity contribution in [1.82, 2.24) is 0 Å². The number of nitrogens with two attached hydrogens (primary N) is 1. The van der Waals surface area contributed by atoms with Crippen LogP contribution in [0.5, 0.6) is 0 Å². The lowest BCUT2D eigenvalue weighted by atomic mass is 9.76. The Morgan fingerprint density at radius 1 is 1.18 bits per heavy atom. The van der Waals surface area contributed by atoms with Crippen molar-refractivity contribution in [2.24, 2.45) is 11.7 Å². The quantitative estimate of drug-likeness (QED) is 0.869.